The molecule has 0 amide bonds. The number of hydrazine groups is 1. The van der Waals surface area contributed by atoms with Crippen molar-refractivity contribution in [1.29, 1.82) is 0 Å². The first-order valence-corrected chi connectivity index (χ1v) is 7.16. The van der Waals surface area contributed by atoms with Crippen LogP contribution in [0.15, 0.2) is 18.2 Å². The van der Waals surface area contributed by atoms with E-state index in [1.165, 1.54) is 42.4 Å². The molecule has 0 unspecified atom stereocenters. The number of benzene rings is 1. The Morgan fingerprint density at radius 3 is 2.72 bits per heavy atom. The van der Waals surface area contributed by atoms with Gasteiger partial charge < -0.3 is 5.43 Å². The van der Waals surface area contributed by atoms with Gasteiger partial charge in [0.25, 0.3) is 0 Å². The number of thiazole rings is 1. The van der Waals surface area contributed by atoms with E-state index in [0.29, 0.717) is 0 Å². The summed E-state index contributed by atoms with van der Waals surface area (Å²) < 4.78 is 0. The van der Waals surface area contributed by atoms with Crippen LogP contribution in [0.5, 0.6) is 0 Å². The van der Waals surface area contributed by atoms with Gasteiger partial charge >= 0.3 is 0 Å². The zero-order valence-corrected chi connectivity index (χ0v) is 11.3. The fourth-order valence-corrected chi connectivity index (χ4v) is 3.39. The van der Waals surface area contributed by atoms with Crippen LogP contribution in [0.3, 0.4) is 0 Å². The normalized spacial score (nSPS) is 14.3. The first-order chi connectivity index (χ1) is 8.78. The van der Waals surface area contributed by atoms with Crippen molar-refractivity contribution in [2.24, 2.45) is 5.84 Å². The molecule has 3 nitrogen and oxygen atoms in total. The zero-order valence-electron chi connectivity index (χ0n) is 10.5. The van der Waals surface area contributed by atoms with Crippen LogP contribution in [0, 0.1) is 6.92 Å². The summed E-state index contributed by atoms with van der Waals surface area (Å²) in [6.07, 6.45) is 5.06. The van der Waals surface area contributed by atoms with E-state index in [4.69, 9.17) is 5.84 Å². The zero-order chi connectivity index (χ0) is 12.5. The second kappa shape index (κ2) is 4.71. The van der Waals surface area contributed by atoms with Crippen LogP contribution in [-0.2, 0) is 12.8 Å². The van der Waals surface area contributed by atoms with Crippen LogP contribution in [-0.4, -0.2) is 4.98 Å². The van der Waals surface area contributed by atoms with Gasteiger partial charge in [0.1, 0.15) is 10.0 Å². The smallest absolute Gasteiger partial charge is 0.126 e. The maximum atomic E-state index is 5.47. The maximum Gasteiger partial charge on any atom is 0.126 e. The molecule has 0 radical (unpaired) electrons. The van der Waals surface area contributed by atoms with Crippen LogP contribution >= 0.6 is 11.3 Å². The lowest BCUT2D eigenvalue weighted by Crippen LogP contribution is -2.05. The quantitative estimate of drug-likeness (QED) is 0.643. The Morgan fingerprint density at radius 1 is 1.22 bits per heavy atom. The molecule has 0 aliphatic heterocycles. The predicted molar refractivity (Wildman–Crippen MR) is 76.7 cm³/mol. The second-order valence-corrected chi connectivity index (χ2v) is 5.77. The molecule has 1 aromatic carbocycles. The van der Waals surface area contributed by atoms with E-state index in [1.54, 1.807) is 11.3 Å². The molecule has 0 bridgehead atoms. The summed E-state index contributed by atoms with van der Waals surface area (Å²) in [6.45, 7) is 1.98. The third-order valence-corrected chi connectivity index (χ3v) is 4.66. The highest BCUT2D eigenvalue weighted by Crippen LogP contribution is 2.33. The summed E-state index contributed by atoms with van der Waals surface area (Å²) in [7, 11) is 0. The standard InChI is InChI=1S/C14H17N3S/c1-9-13(17-15)18-14(16-9)12-7-6-10-4-2-3-5-11(10)8-12/h6-8,17H,2-5,15H2,1H3. The van der Waals surface area contributed by atoms with Crippen LogP contribution in [0.2, 0.25) is 0 Å². The largest absolute Gasteiger partial charge is 0.314 e. The molecule has 0 fully saturated rings. The number of rotatable bonds is 2. The molecular weight excluding hydrogens is 242 g/mol. The number of nitrogens with one attached hydrogen (secondary N) is 1. The highest BCUT2D eigenvalue weighted by molar-refractivity contribution is 7.19. The Morgan fingerprint density at radius 2 is 2.00 bits per heavy atom. The third-order valence-electron chi connectivity index (χ3n) is 3.52. The molecule has 18 heavy (non-hydrogen) atoms. The van der Waals surface area contributed by atoms with Crippen molar-refractivity contribution < 1.29 is 0 Å². The highest BCUT2D eigenvalue weighted by atomic mass is 32.1. The van der Waals surface area contributed by atoms with E-state index in [0.717, 1.165) is 15.7 Å². The summed E-state index contributed by atoms with van der Waals surface area (Å²) in [5.41, 5.74) is 7.89. The van der Waals surface area contributed by atoms with Gasteiger partial charge in [0.2, 0.25) is 0 Å². The lowest BCUT2D eigenvalue weighted by Gasteiger charge is -2.15. The van der Waals surface area contributed by atoms with E-state index in [2.05, 4.69) is 28.6 Å². The van der Waals surface area contributed by atoms with Crippen molar-refractivity contribution in [2.45, 2.75) is 32.6 Å². The van der Waals surface area contributed by atoms with Crippen LogP contribution in [0.4, 0.5) is 5.00 Å². The SMILES string of the molecule is Cc1nc(-c2ccc3c(c2)CCCC3)sc1NN. The number of hydrogen-bond acceptors (Lipinski definition) is 4. The number of aromatic nitrogens is 1. The molecular formula is C14H17N3S. The Labute approximate surface area is 111 Å². The van der Waals surface area contributed by atoms with Gasteiger partial charge in [-0.05, 0) is 49.8 Å². The number of nitrogens with zero attached hydrogens (tertiary/aromatic N) is 1. The number of nitrogen functional groups attached to an aromatic ring is 1. The molecule has 1 aromatic heterocycles. The predicted octanol–water partition coefficient (Wildman–Crippen LogP) is 3.28. The van der Waals surface area contributed by atoms with E-state index < -0.39 is 0 Å². The minimum Gasteiger partial charge on any atom is -0.314 e. The van der Waals surface area contributed by atoms with E-state index in [1.807, 2.05) is 6.92 Å². The maximum absolute atomic E-state index is 5.47. The number of anilines is 1. The Kier molecular flexibility index (Phi) is 3.06. The molecule has 2 aromatic rings. The molecule has 0 saturated carbocycles. The third kappa shape index (κ3) is 2.02. The summed E-state index contributed by atoms with van der Waals surface area (Å²) in [4.78, 5) is 4.58. The number of hydrogen-bond donors (Lipinski definition) is 2. The molecule has 0 spiro atoms. The Bertz CT molecular complexity index is 574. The molecule has 0 saturated heterocycles. The average Bonchev–Trinajstić information content (AvgIpc) is 2.79. The molecule has 1 aliphatic carbocycles. The van der Waals surface area contributed by atoms with Crippen LogP contribution in [0.1, 0.15) is 29.7 Å². The van der Waals surface area contributed by atoms with Crippen LogP contribution in [0.25, 0.3) is 10.6 Å². The second-order valence-electron chi connectivity index (χ2n) is 4.77. The monoisotopic (exact) mass is 259 g/mol. The summed E-state index contributed by atoms with van der Waals surface area (Å²) in [5, 5.41) is 2.00. The van der Waals surface area contributed by atoms with Gasteiger partial charge in [0, 0.05) is 5.56 Å². The van der Waals surface area contributed by atoms with Crippen molar-refractivity contribution in [3.8, 4) is 10.6 Å². The molecule has 94 valence electrons. The number of aryl methyl sites for hydroxylation is 3. The topological polar surface area (TPSA) is 50.9 Å². The lowest BCUT2D eigenvalue weighted by atomic mass is 9.90. The van der Waals surface area contributed by atoms with Gasteiger partial charge in [-0.2, -0.15) is 0 Å². The first kappa shape index (κ1) is 11.7. The molecule has 0 atom stereocenters. The van der Waals surface area contributed by atoms with E-state index >= 15 is 0 Å². The fraction of sp³-hybridized carbons (Fsp3) is 0.357. The van der Waals surface area contributed by atoms with Crippen molar-refractivity contribution in [3.05, 3.63) is 35.0 Å². The van der Waals surface area contributed by atoms with Crippen LogP contribution < -0.4 is 11.3 Å². The molecule has 4 heteroatoms. The molecule has 3 rings (SSSR count). The minimum absolute atomic E-state index is 0.947. The van der Waals surface area contributed by atoms with Gasteiger partial charge in [0.15, 0.2) is 0 Å². The van der Waals surface area contributed by atoms with E-state index in [9.17, 15) is 0 Å². The molecule has 1 aliphatic rings. The van der Waals surface area contributed by atoms with Crippen molar-refractivity contribution >= 4 is 16.3 Å². The minimum atomic E-state index is 0.947. The van der Waals surface area contributed by atoms with Gasteiger partial charge in [-0.1, -0.05) is 23.5 Å². The van der Waals surface area contributed by atoms with E-state index in [-0.39, 0.29) is 0 Å². The molecule has 3 N–H and O–H groups in total. The lowest BCUT2D eigenvalue weighted by molar-refractivity contribution is 0.686. The summed E-state index contributed by atoms with van der Waals surface area (Å²) in [5.74, 6) is 5.47. The highest BCUT2D eigenvalue weighted by Gasteiger charge is 2.13. The number of nitrogens with two attached hydrogens (primary N) is 1. The van der Waals surface area contributed by atoms with Gasteiger partial charge in [-0.3, -0.25) is 0 Å². The average molecular weight is 259 g/mol. The van der Waals surface area contributed by atoms with Crippen molar-refractivity contribution in [3.63, 3.8) is 0 Å². The Balaban J connectivity index is 2.00. The van der Waals surface area contributed by atoms with Gasteiger partial charge in [-0.15, -0.1) is 0 Å². The van der Waals surface area contributed by atoms with Gasteiger partial charge in [-0.25, -0.2) is 10.8 Å². The Hall–Kier alpha value is -1.39. The molecule has 1 heterocycles. The fourth-order valence-electron chi connectivity index (χ4n) is 2.52. The van der Waals surface area contributed by atoms with Crippen molar-refractivity contribution in [2.75, 3.05) is 5.43 Å². The first-order valence-electron chi connectivity index (χ1n) is 6.34. The van der Waals surface area contributed by atoms with Gasteiger partial charge in [0.05, 0.1) is 5.69 Å². The summed E-state index contributed by atoms with van der Waals surface area (Å²) in [6, 6.07) is 6.74. The summed E-state index contributed by atoms with van der Waals surface area (Å²) >= 11 is 1.62. The van der Waals surface area contributed by atoms with Crippen molar-refractivity contribution in [1.82, 2.24) is 4.98 Å². The number of fused-ring (bicyclic) bond motifs is 1.